The molecule has 0 aliphatic carbocycles. The average Bonchev–Trinajstić information content (AvgIpc) is 2.29. The minimum Gasteiger partial charge on any atom is -0.368 e. The van der Waals surface area contributed by atoms with Crippen molar-refractivity contribution in [3.8, 4) is 0 Å². The van der Waals surface area contributed by atoms with Crippen molar-refractivity contribution in [1.82, 2.24) is 14.3 Å². The summed E-state index contributed by atoms with van der Waals surface area (Å²) in [5.74, 6) is 0.110. The largest absolute Gasteiger partial charge is 0.368 e. The lowest BCUT2D eigenvalue weighted by molar-refractivity contribution is 0.112. The third-order valence-electron chi connectivity index (χ3n) is 2.16. The first-order chi connectivity index (χ1) is 8.38. The summed E-state index contributed by atoms with van der Waals surface area (Å²) in [7, 11) is -0.388. The normalized spacial score (nSPS) is 11.6. The van der Waals surface area contributed by atoms with Crippen LogP contribution in [0, 0.1) is 0 Å². The second-order valence-electron chi connectivity index (χ2n) is 3.57. The molecule has 0 saturated heterocycles. The van der Waals surface area contributed by atoms with E-state index in [9.17, 15) is 13.2 Å². The summed E-state index contributed by atoms with van der Waals surface area (Å²) in [5.41, 5.74) is 0.112. The van der Waals surface area contributed by atoms with Crippen molar-refractivity contribution in [1.29, 1.82) is 0 Å². The fourth-order valence-electron chi connectivity index (χ4n) is 1.10. The second kappa shape index (κ2) is 6.07. The summed E-state index contributed by atoms with van der Waals surface area (Å²) in [6, 6.07) is 0. The lowest BCUT2D eigenvalue weighted by Gasteiger charge is -2.12. The summed E-state index contributed by atoms with van der Waals surface area (Å²) in [5, 5.41) is 2.77. The highest BCUT2D eigenvalue weighted by Gasteiger charge is 2.14. The second-order valence-corrected chi connectivity index (χ2v) is 6.23. The zero-order valence-electron chi connectivity index (χ0n) is 9.92. The molecule has 1 aromatic heterocycles. The molecule has 0 radical (unpaired) electrons. The minimum atomic E-state index is -3.29. The summed E-state index contributed by atoms with van der Waals surface area (Å²) in [6.45, 7) is 0.120. The molecule has 0 aliphatic heterocycles. The van der Waals surface area contributed by atoms with Gasteiger partial charge in [-0.1, -0.05) is 11.6 Å². The molecule has 1 aromatic rings. The van der Waals surface area contributed by atoms with E-state index in [1.165, 1.54) is 20.4 Å². The van der Waals surface area contributed by atoms with Crippen LogP contribution >= 0.6 is 11.6 Å². The molecule has 0 fully saturated rings. The molecule has 0 bridgehead atoms. The molecule has 0 spiro atoms. The number of carbonyl (C=O) groups excluding carboxylic acids is 1. The van der Waals surface area contributed by atoms with E-state index in [4.69, 9.17) is 11.6 Å². The first-order valence-electron chi connectivity index (χ1n) is 4.98. The Morgan fingerprint density at radius 2 is 2.11 bits per heavy atom. The van der Waals surface area contributed by atoms with Crippen LogP contribution in [0.5, 0.6) is 0 Å². The van der Waals surface area contributed by atoms with Crippen LogP contribution in [0.4, 0.5) is 5.82 Å². The van der Waals surface area contributed by atoms with Crippen LogP contribution in [-0.4, -0.2) is 55.4 Å². The van der Waals surface area contributed by atoms with Crippen molar-refractivity contribution in [3.05, 3.63) is 17.0 Å². The molecule has 100 valence electrons. The van der Waals surface area contributed by atoms with Gasteiger partial charge < -0.3 is 5.32 Å². The van der Waals surface area contributed by atoms with Crippen LogP contribution in [0.3, 0.4) is 0 Å². The molecule has 0 aliphatic rings. The van der Waals surface area contributed by atoms with Gasteiger partial charge in [-0.2, -0.15) is 0 Å². The van der Waals surface area contributed by atoms with Gasteiger partial charge >= 0.3 is 0 Å². The molecule has 0 aromatic carbocycles. The highest BCUT2D eigenvalue weighted by molar-refractivity contribution is 7.89. The molecule has 0 unspecified atom stereocenters. The fraction of sp³-hybridized carbons (Fsp3) is 0.444. The number of aromatic nitrogens is 2. The van der Waals surface area contributed by atoms with Gasteiger partial charge in [0.05, 0.1) is 11.3 Å². The van der Waals surface area contributed by atoms with Crippen molar-refractivity contribution < 1.29 is 13.2 Å². The van der Waals surface area contributed by atoms with Crippen LogP contribution in [0.1, 0.15) is 10.4 Å². The van der Waals surface area contributed by atoms with Gasteiger partial charge in [0, 0.05) is 20.6 Å². The number of rotatable bonds is 6. The molecule has 0 saturated carbocycles. The molecule has 7 nitrogen and oxygen atoms in total. The van der Waals surface area contributed by atoms with E-state index in [1.54, 1.807) is 0 Å². The van der Waals surface area contributed by atoms with E-state index in [0.29, 0.717) is 6.29 Å². The number of hydrogen-bond acceptors (Lipinski definition) is 6. The van der Waals surface area contributed by atoms with Crippen LogP contribution in [0.2, 0.25) is 5.15 Å². The van der Waals surface area contributed by atoms with Crippen molar-refractivity contribution in [2.24, 2.45) is 0 Å². The molecule has 1 rings (SSSR count). The van der Waals surface area contributed by atoms with Crippen molar-refractivity contribution in [2.45, 2.75) is 0 Å². The Balaban J connectivity index is 2.71. The summed E-state index contributed by atoms with van der Waals surface area (Å²) < 4.78 is 24.1. The SMILES string of the molecule is CN(C)S(=O)(=O)CCNc1ncnc(Cl)c1C=O. The fourth-order valence-corrected chi connectivity index (χ4v) is 2.00. The zero-order chi connectivity index (χ0) is 13.8. The number of sulfonamides is 1. The van der Waals surface area contributed by atoms with Gasteiger partial charge in [-0.05, 0) is 0 Å². The van der Waals surface area contributed by atoms with E-state index in [2.05, 4.69) is 15.3 Å². The maximum absolute atomic E-state index is 11.5. The van der Waals surface area contributed by atoms with E-state index in [-0.39, 0.29) is 28.8 Å². The number of aldehydes is 1. The van der Waals surface area contributed by atoms with Crippen LogP contribution in [0.25, 0.3) is 0 Å². The van der Waals surface area contributed by atoms with Gasteiger partial charge in [0.1, 0.15) is 17.3 Å². The Morgan fingerprint density at radius 1 is 1.44 bits per heavy atom. The predicted molar refractivity (Wildman–Crippen MR) is 68.4 cm³/mol. The first kappa shape index (κ1) is 14.8. The number of nitrogens with one attached hydrogen (secondary N) is 1. The van der Waals surface area contributed by atoms with Crippen molar-refractivity contribution in [2.75, 3.05) is 31.7 Å². The Kier molecular flexibility index (Phi) is 5.00. The maximum atomic E-state index is 11.5. The van der Waals surface area contributed by atoms with Gasteiger partial charge in [0.2, 0.25) is 10.0 Å². The standard InChI is InChI=1S/C9H13ClN4O3S/c1-14(2)18(16,17)4-3-11-9-7(5-15)8(10)12-6-13-9/h5-6H,3-4H2,1-2H3,(H,11,12,13). The molecular weight excluding hydrogens is 280 g/mol. The lowest BCUT2D eigenvalue weighted by Crippen LogP contribution is -2.28. The van der Waals surface area contributed by atoms with Gasteiger partial charge in [-0.3, -0.25) is 4.79 Å². The summed E-state index contributed by atoms with van der Waals surface area (Å²) >= 11 is 5.70. The maximum Gasteiger partial charge on any atom is 0.215 e. The van der Waals surface area contributed by atoms with Crippen LogP contribution in [-0.2, 0) is 10.0 Å². The molecular formula is C9H13ClN4O3S. The Hall–Kier alpha value is -1.25. The molecule has 0 amide bonds. The number of anilines is 1. The smallest absolute Gasteiger partial charge is 0.215 e. The quantitative estimate of drug-likeness (QED) is 0.597. The van der Waals surface area contributed by atoms with E-state index in [0.717, 1.165) is 4.31 Å². The van der Waals surface area contributed by atoms with E-state index >= 15 is 0 Å². The Bertz CT molecular complexity index is 533. The highest BCUT2D eigenvalue weighted by atomic mass is 35.5. The van der Waals surface area contributed by atoms with Crippen LogP contribution < -0.4 is 5.32 Å². The summed E-state index contributed by atoms with van der Waals surface area (Å²) in [4.78, 5) is 18.3. The summed E-state index contributed by atoms with van der Waals surface area (Å²) in [6.07, 6.45) is 1.71. The third kappa shape index (κ3) is 3.62. The number of halogens is 1. The van der Waals surface area contributed by atoms with Crippen LogP contribution in [0.15, 0.2) is 6.33 Å². The van der Waals surface area contributed by atoms with E-state index in [1.807, 2.05) is 0 Å². The van der Waals surface area contributed by atoms with Gasteiger partial charge in [-0.25, -0.2) is 22.7 Å². The highest BCUT2D eigenvalue weighted by Crippen LogP contribution is 2.16. The minimum absolute atomic E-state index is 0.0259. The third-order valence-corrected chi connectivity index (χ3v) is 4.30. The lowest BCUT2D eigenvalue weighted by atomic mass is 10.3. The monoisotopic (exact) mass is 292 g/mol. The van der Waals surface area contributed by atoms with Gasteiger partial charge in [0.25, 0.3) is 0 Å². The molecule has 0 atom stereocenters. The van der Waals surface area contributed by atoms with E-state index < -0.39 is 10.0 Å². The van der Waals surface area contributed by atoms with Crippen molar-refractivity contribution in [3.63, 3.8) is 0 Å². The Morgan fingerprint density at radius 3 is 2.67 bits per heavy atom. The number of carbonyl (C=O) groups is 1. The molecule has 9 heteroatoms. The number of nitrogens with zero attached hydrogens (tertiary/aromatic N) is 3. The Labute approximate surface area is 110 Å². The predicted octanol–water partition coefficient (Wildman–Crippen LogP) is 0.246. The molecule has 1 N–H and O–H groups in total. The molecule has 1 heterocycles. The average molecular weight is 293 g/mol. The first-order valence-corrected chi connectivity index (χ1v) is 6.97. The van der Waals surface area contributed by atoms with Gasteiger partial charge in [-0.15, -0.1) is 0 Å². The van der Waals surface area contributed by atoms with Crippen molar-refractivity contribution >= 4 is 33.7 Å². The zero-order valence-corrected chi connectivity index (χ0v) is 11.5. The number of hydrogen-bond donors (Lipinski definition) is 1. The molecule has 18 heavy (non-hydrogen) atoms. The van der Waals surface area contributed by atoms with Gasteiger partial charge in [0.15, 0.2) is 6.29 Å². The topological polar surface area (TPSA) is 92.3 Å².